The summed E-state index contributed by atoms with van der Waals surface area (Å²) >= 11 is 0. The molecular weight excluding hydrogens is 141 g/mol. The standard InChI is InChI=1S/C9H6FN/c1-7(6-11)8-4-2-3-5-9(8)10/h2-5H,1H2. The van der Waals surface area contributed by atoms with Crippen LogP contribution in [0.2, 0.25) is 0 Å². The van der Waals surface area contributed by atoms with E-state index in [1.165, 1.54) is 12.1 Å². The number of hydrogen-bond acceptors (Lipinski definition) is 1. The molecule has 11 heavy (non-hydrogen) atoms. The number of nitriles is 1. The normalized spacial score (nSPS) is 8.73. The third-order valence-electron chi connectivity index (χ3n) is 1.33. The molecule has 1 rings (SSSR count). The zero-order valence-corrected chi connectivity index (χ0v) is 5.84. The van der Waals surface area contributed by atoms with Gasteiger partial charge in [-0.1, -0.05) is 24.8 Å². The molecule has 0 unspecified atom stereocenters. The predicted molar refractivity (Wildman–Crippen MR) is 41.0 cm³/mol. The van der Waals surface area contributed by atoms with Gasteiger partial charge in [-0.2, -0.15) is 5.26 Å². The van der Waals surface area contributed by atoms with Crippen LogP contribution in [-0.2, 0) is 0 Å². The Balaban J connectivity index is 3.16. The molecule has 0 aliphatic carbocycles. The molecule has 0 saturated heterocycles. The summed E-state index contributed by atoms with van der Waals surface area (Å²) in [6.45, 7) is 3.40. The molecule has 54 valence electrons. The number of benzene rings is 1. The van der Waals surface area contributed by atoms with Gasteiger partial charge in [0.25, 0.3) is 0 Å². The van der Waals surface area contributed by atoms with Gasteiger partial charge in [-0.15, -0.1) is 0 Å². The molecule has 0 fully saturated rings. The van der Waals surface area contributed by atoms with Crippen molar-refractivity contribution in [3.8, 4) is 6.07 Å². The molecule has 0 radical (unpaired) electrons. The Morgan fingerprint density at radius 3 is 2.64 bits per heavy atom. The molecule has 0 amide bonds. The molecule has 0 spiro atoms. The van der Waals surface area contributed by atoms with Crippen LogP contribution < -0.4 is 0 Å². The van der Waals surface area contributed by atoms with Crippen molar-refractivity contribution in [2.24, 2.45) is 0 Å². The molecule has 0 atom stereocenters. The summed E-state index contributed by atoms with van der Waals surface area (Å²) in [4.78, 5) is 0. The second-order valence-electron chi connectivity index (χ2n) is 2.07. The molecule has 0 aliphatic heterocycles. The van der Waals surface area contributed by atoms with Crippen LogP contribution in [0, 0.1) is 17.1 Å². The van der Waals surface area contributed by atoms with Gasteiger partial charge in [0.15, 0.2) is 0 Å². The first kappa shape index (κ1) is 7.49. The van der Waals surface area contributed by atoms with Crippen LogP contribution in [0.15, 0.2) is 30.8 Å². The molecule has 0 heterocycles. The highest BCUT2D eigenvalue weighted by atomic mass is 19.1. The second kappa shape index (κ2) is 2.98. The van der Waals surface area contributed by atoms with Crippen molar-refractivity contribution in [2.75, 3.05) is 0 Å². The number of hydrogen-bond donors (Lipinski definition) is 0. The van der Waals surface area contributed by atoms with Crippen molar-refractivity contribution < 1.29 is 4.39 Å². The van der Waals surface area contributed by atoms with E-state index in [1.807, 2.05) is 0 Å². The van der Waals surface area contributed by atoms with Gasteiger partial charge < -0.3 is 0 Å². The highest BCUT2D eigenvalue weighted by Gasteiger charge is 2.02. The third kappa shape index (κ3) is 1.44. The number of halogens is 1. The Morgan fingerprint density at radius 2 is 2.09 bits per heavy atom. The van der Waals surface area contributed by atoms with Crippen LogP contribution in [0.1, 0.15) is 5.56 Å². The Morgan fingerprint density at radius 1 is 1.45 bits per heavy atom. The van der Waals surface area contributed by atoms with E-state index in [-0.39, 0.29) is 11.1 Å². The van der Waals surface area contributed by atoms with Gasteiger partial charge in [-0.05, 0) is 6.07 Å². The molecular formula is C9H6FN. The van der Waals surface area contributed by atoms with Crippen LogP contribution in [0.5, 0.6) is 0 Å². The highest BCUT2D eigenvalue weighted by molar-refractivity contribution is 5.74. The molecule has 0 aromatic heterocycles. The van der Waals surface area contributed by atoms with Gasteiger partial charge in [-0.25, -0.2) is 4.39 Å². The number of allylic oxidation sites excluding steroid dienone is 1. The first-order chi connectivity index (χ1) is 5.25. The Kier molecular flexibility index (Phi) is 2.03. The van der Waals surface area contributed by atoms with E-state index in [0.29, 0.717) is 0 Å². The van der Waals surface area contributed by atoms with Crippen LogP contribution in [-0.4, -0.2) is 0 Å². The van der Waals surface area contributed by atoms with Crippen LogP contribution in [0.3, 0.4) is 0 Å². The lowest BCUT2D eigenvalue weighted by atomic mass is 10.1. The summed E-state index contributed by atoms with van der Waals surface area (Å²) in [5.74, 6) is -0.404. The minimum Gasteiger partial charge on any atom is -0.206 e. The van der Waals surface area contributed by atoms with E-state index < -0.39 is 5.82 Å². The third-order valence-corrected chi connectivity index (χ3v) is 1.33. The van der Waals surface area contributed by atoms with Crippen molar-refractivity contribution >= 4 is 5.57 Å². The van der Waals surface area contributed by atoms with E-state index in [1.54, 1.807) is 18.2 Å². The molecule has 0 saturated carbocycles. The molecule has 0 N–H and O–H groups in total. The maximum atomic E-state index is 12.8. The van der Waals surface area contributed by atoms with Gasteiger partial charge in [0.1, 0.15) is 5.82 Å². The van der Waals surface area contributed by atoms with Crippen LogP contribution >= 0.6 is 0 Å². The summed E-state index contributed by atoms with van der Waals surface area (Å²) in [7, 11) is 0. The molecule has 0 aliphatic rings. The Bertz CT molecular complexity index is 323. The minimum atomic E-state index is -0.404. The monoisotopic (exact) mass is 147 g/mol. The van der Waals surface area contributed by atoms with Crippen molar-refractivity contribution in [1.29, 1.82) is 5.26 Å². The molecule has 2 heteroatoms. The molecule has 0 bridgehead atoms. The van der Waals surface area contributed by atoms with E-state index >= 15 is 0 Å². The lowest BCUT2D eigenvalue weighted by molar-refractivity contribution is 0.624. The molecule has 1 aromatic carbocycles. The first-order valence-corrected chi connectivity index (χ1v) is 3.09. The van der Waals surface area contributed by atoms with Crippen LogP contribution in [0.4, 0.5) is 4.39 Å². The van der Waals surface area contributed by atoms with E-state index in [9.17, 15) is 4.39 Å². The van der Waals surface area contributed by atoms with Gasteiger partial charge in [0.2, 0.25) is 0 Å². The lowest BCUT2D eigenvalue weighted by Gasteiger charge is -1.96. The molecule has 1 nitrogen and oxygen atoms in total. The number of nitrogens with zero attached hydrogens (tertiary/aromatic N) is 1. The predicted octanol–water partition coefficient (Wildman–Crippen LogP) is 2.36. The Hall–Kier alpha value is -1.62. The average molecular weight is 147 g/mol. The summed E-state index contributed by atoms with van der Waals surface area (Å²) in [5.41, 5.74) is 0.429. The zero-order chi connectivity index (χ0) is 8.27. The average Bonchev–Trinajstić information content (AvgIpc) is 2.04. The van der Waals surface area contributed by atoms with E-state index in [4.69, 9.17) is 5.26 Å². The fourth-order valence-electron chi connectivity index (χ4n) is 0.766. The van der Waals surface area contributed by atoms with Gasteiger partial charge in [0.05, 0.1) is 11.6 Å². The van der Waals surface area contributed by atoms with E-state index in [2.05, 4.69) is 6.58 Å². The fourth-order valence-corrected chi connectivity index (χ4v) is 0.766. The van der Waals surface area contributed by atoms with Crippen molar-refractivity contribution in [3.05, 3.63) is 42.2 Å². The topological polar surface area (TPSA) is 23.8 Å². The van der Waals surface area contributed by atoms with Crippen molar-refractivity contribution in [3.63, 3.8) is 0 Å². The second-order valence-corrected chi connectivity index (χ2v) is 2.07. The SMILES string of the molecule is C=C(C#N)c1ccccc1F. The Labute approximate surface area is 64.4 Å². The van der Waals surface area contributed by atoms with Crippen LogP contribution in [0.25, 0.3) is 5.57 Å². The minimum absolute atomic E-state index is 0.156. The zero-order valence-electron chi connectivity index (χ0n) is 5.84. The highest BCUT2D eigenvalue weighted by Crippen LogP contribution is 2.14. The maximum Gasteiger partial charge on any atom is 0.131 e. The van der Waals surface area contributed by atoms with Gasteiger partial charge in [-0.3, -0.25) is 0 Å². The van der Waals surface area contributed by atoms with Crippen molar-refractivity contribution in [2.45, 2.75) is 0 Å². The molecule has 1 aromatic rings. The summed E-state index contributed by atoms with van der Waals surface area (Å²) < 4.78 is 12.8. The van der Waals surface area contributed by atoms with E-state index in [0.717, 1.165) is 0 Å². The summed E-state index contributed by atoms with van der Waals surface area (Å²) in [6.07, 6.45) is 0. The van der Waals surface area contributed by atoms with Gasteiger partial charge >= 0.3 is 0 Å². The summed E-state index contributed by atoms with van der Waals surface area (Å²) in [5, 5.41) is 8.40. The number of rotatable bonds is 1. The quantitative estimate of drug-likeness (QED) is 0.559. The van der Waals surface area contributed by atoms with Crippen molar-refractivity contribution in [1.82, 2.24) is 0 Å². The summed E-state index contributed by atoms with van der Waals surface area (Å²) in [6, 6.07) is 7.86. The maximum absolute atomic E-state index is 12.8. The van der Waals surface area contributed by atoms with Gasteiger partial charge in [0, 0.05) is 5.56 Å². The fraction of sp³-hybridized carbons (Fsp3) is 0. The first-order valence-electron chi connectivity index (χ1n) is 3.09. The smallest absolute Gasteiger partial charge is 0.131 e. The lowest BCUT2D eigenvalue weighted by Crippen LogP contribution is -1.84. The largest absolute Gasteiger partial charge is 0.206 e.